The Morgan fingerprint density at radius 3 is 1.91 bits per heavy atom. The van der Waals surface area contributed by atoms with Gasteiger partial charge < -0.3 is 18.2 Å². The zero-order valence-electron chi connectivity index (χ0n) is 23.0. The van der Waals surface area contributed by atoms with Gasteiger partial charge in [-0.1, -0.05) is 51.1 Å². The number of carbonyl (C=O) groups excluding carboxylic acids is 1. The number of amides is 1. The van der Waals surface area contributed by atoms with Gasteiger partial charge in [0.15, 0.2) is 8.32 Å². The number of ether oxygens (including phenoxy) is 1. The molecule has 0 aliphatic rings. The van der Waals surface area contributed by atoms with Crippen LogP contribution in [-0.2, 0) is 22.8 Å². The van der Waals surface area contributed by atoms with Gasteiger partial charge in [0.1, 0.15) is 11.4 Å². The molecule has 9 heteroatoms. The number of hydrogen-bond donors (Lipinski definition) is 0. The Labute approximate surface area is 208 Å². The van der Waals surface area contributed by atoms with E-state index in [9.17, 15) is 9.36 Å². The molecule has 196 valence electrons. The van der Waals surface area contributed by atoms with Gasteiger partial charge in [-0.05, 0) is 65.2 Å². The molecular formula is C25H46NO6PSi. The summed E-state index contributed by atoms with van der Waals surface area (Å²) in [6.07, 6.45) is -0.590. The minimum Gasteiger partial charge on any atom is -0.444 e. The van der Waals surface area contributed by atoms with Gasteiger partial charge in [0, 0.05) is 0 Å². The summed E-state index contributed by atoms with van der Waals surface area (Å²) in [7, 11) is -5.83. The number of nitrogens with zero attached hydrogens (tertiary/aromatic N) is 1. The van der Waals surface area contributed by atoms with E-state index < -0.39 is 39.4 Å². The van der Waals surface area contributed by atoms with Crippen molar-refractivity contribution in [3.63, 3.8) is 0 Å². The smallest absolute Gasteiger partial charge is 0.411 e. The van der Waals surface area contributed by atoms with Crippen molar-refractivity contribution in [2.75, 3.05) is 19.8 Å². The topological polar surface area (TPSA) is 74.3 Å². The predicted molar refractivity (Wildman–Crippen MR) is 141 cm³/mol. The molecule has 0 unspecified atom stereocenters. The van der Waals surface area contributed by atoms with E-state index in [-0.39, 0.29) is 24.9 Å². The molecule has 0 aliphatic carbocycles. The Balaban J connectivity index is 3.60. The zero-order chi connectivity index (χ0) is 26.4. The maximum Gasteiger partial charge on any atom is 0.411 e. The van der Waals surface area contributed by atoms with Crippen LogP contribution in [0.5, 0.6) is 0 Å². The average molecular weight is 516 g/mol. The van der Waals surface area contributed by atoms with E-state index in [1.807, 2.05) is 51.1 Å². The van der Waals surface area contributed by atoms with E-state index in [1.54, 1.807) is 20.8 Å². The van der Waals surface area contributed by atoms with Gasteiger partial charge in [-0.2, -0.15) is 0 Å². The SMILES string of the molecule is CCOP(=O)(OCC)[C@H](C)N(C(=O)OC(C)(C)C)[C@H](CO[Si](C)(C)C(C)(C)C)c1ccccc1. The van der Waals surface area contributed by atoms with E-state index in [2.05, 4.69) is 33.9 Å². The molecule has 0 bridgehead atoms. The molecule has 0 aromatic heterocycles. The Morgan fingerprint density at radius 1 is 1.00 bits per heavy atom. The van der Waals surface area contributed by atoms with E-state index in [1.165, 1.54) is 4.90 Å². The highest BCUT2D eigenvalue weighted by Crippen LogP contribution is 2.55. The lowest BCUT2D eigenvalue weighted by Gasteiger charge is -2.42. The van der Waals surface area contributed by atoms with Crippen LogP contribution in [0, 0.1) is 0 Å². The minimum absolute atomic E-state index is 0.0114. The molecule has 34 heavy (non-hydrogen) atoms. The highest BCUT2D eigenvalue weighted by atomic mass is 31.2. The van der Waals surface area contributed by atoms with Crippen LogP contribution in [0.3, 0.4) is 0 Å². The molecule has 0 fully saturated rings. The fourth-order valence-corrected chi connectivity index (χ4v) is 5.93. The number of carbonyl (C=O) groups is 1. The van der Waals surface area contributed by atoms with E-state index in [0.717, 1.165) is 5.56 Å². The van der Waals surface area contributed by atoms with Gasteiger partial charge in [-0.15, -0.1) is 0 Å². The third-order valence-corrected chi connectivity index (χ3v) is 12.9. The van der Waals surface area contributed by atoms with Crippen molar-refractivity contribution < 1.29 is 27.6 Å². The van der Waals surface area contributed by atoms with Crippen LogP contribution in [0.2, 0.25) is 18.1 Å². The van der Waals surface area contributed by atoms with Crippen LogP contribution >= 0.6 is 7.60 Å². The van der Waals surface area contributed by atoms with Gasteiger partial charge in [-0.3, -0.25) is 9.46 Å². The van der Waals surface area contributed by atoms with E-state index in [0.29, 0.717) is 0 Å². The van der Waals surface area contributed by atoms with Crippen LogP contribution in [-0.4, -0.2) is 50.5 Å². The minimum atomic E-state index is -3.68. The maximum absolute atomic E-state index is 13.8. The maximum atomic E-state index is 13.8. The normalized spacial score (nSPS) is 15.0. The van der Waals surface area contributed by atoms with Crippen LogP contribution < -0.4 is 0 Å². The van der Waals surface area contributed by atoms with E-state index >= 15 is 0 Å². The summed E-state index contributed by atoms with van der Waals surface area (Å²) in [6.45, 7) is 22.1. The van der Waals surface area contributed by atoms with Gasteiger partial charge in [0.05, 0.1) is 25.9 Å². The molecule has 1 rings (SSSR count). The second kappa shape index (κ2) is 12.2. The molecule has 1 aromatic carbocycles. The highest BCUT2D eigenvalue weighted by Gasteiger charge is 2.45. The lowest BCUT2D eigenvalue weighted by atomic mass is 10.1. The predicted octanol–water partition coefficient (Wildman–Crippen LogP) is 7.60. The second-order valence-electron chi connectivity index (χ2n) is 10.9. The van der Waals surface area contributed by atoms with Crippen molar-refractivity contribution in [3.05, 3.63) is 35.9 Å². The fourth-order valence-electron chi connectivity index (χ4n) is 3.14. The van der Waals surface area contributed by atoms with Gasteiger partial charge in [0.2, 0.25) is 0 Å². The second-order valence-corrected chi connectivity index (χ2v) is 18.0. The molecule has 1 amide bonds. The third kappa shape index (κ3) is 8.49. The van der Waals surface area contributed by atoms with Crippen molar-refractivity contribution in [2.24, 2.45) is 0 Å². The number of benzene rings is 1. The molecule has 1 aromatic rings. The quantitative estimate of drug-likeness (QED) is 0.223. The van der Waals surface area contributed by atoms with Crippen LogP contribution in [0.25, 0.3) is 0 Å². The summed E-state index contributed by atoms with van der Waals surface area (Å²) in [5.74, 6) is -0.893. The van der Waals surface area contributed by atoms with Crippen LogP contribution in [0.1, 0.15) is 73.9 Å². The van der Waals surface area contributed by atoms with E-state index in [4.69, 9.17) is 18.2 Å². The Bertz CT molecular complexity index is 809. The van der Waals surface area contributed by atoms with Crippen molar-refractivity contribution in [1.82, 2.24) is 4.90 Å². The van der Waals surface area contributed by atoms with Crippen LogP contribution in [0.15, 0.2) is 30.3 Å². The molecule has 0 saturated heterocycles. The first-order chi connectivity index (χ1) is 15.5. The Hall–Kier alpha value is -1.18. The molecular weight excluding hydrogens is 469 g/mol. The van der Waals surface area contributed by atoms with Gasteiger partial charge in [0.25, 0.3) is 0 Å². The number of rotatable bonds is 11. The Morgan fingerprint density at radius 2 is 1.50 bits per heavy atom. The number of hydrogen-bond acceptors (Lipinski definition) is 6. The summed E-state index contributed by atoms with van der Waals surface area (Å²) in [5, 5.41) is -0.0114. The molecule has 0 radical (unpaired) electrons. The van der Waals surface area contributed by atoms with Crippen LogP contribution in [0.4, 0.5) is 4.79 Å². The third-order valence-electron chi connectivity index (χ3n) is 6.01. The van der Waals surface area contributed by atoms with Crippen molar-refractivity contribution in [3.8, 4) is 0 Å². The first-order valence-corrected chi connectivity index (χ1v) is 16.6. The first kappa shape index (κ1) is 30.8. The standard InChI is InChI=1S/C25H46NO6PSi/c1-12-29-33(28,30-13-2)20(3)26(23(27)32-24(4,5)6)22(21-17-15-14-16-18-21)19-31-34(10,11)25(7,8)9/h14-18,20,22H,12-13,19H2,1-11H3/t20-,22-/m1/s1. The Kier molecular flexibility index (Phi) is 11.0. The zero-order valence-corrected chi connectivity index (χ0v) is 24.9. The summed E-state index contributed by atoms with van der Waals surface area (Å²) >= 11 is 0. The highest BCUT2D eigenvalue weighted by molar-refractivity contribution is 7.54. The molecule has 0 saturated carbocycles. The molecule has 2 atom stereocenters. The van der Waals surface area contributed by atoms with Crippen molar-refractivity contribution >= 4 is 22.0 Å². The molecule has 0 N–H and O–H groups in total. The summed E-state index contributed by atoms with van der Waals surface area (Å²) in [5.41, 5.74) is 0.121. The summed E-state index contributed by atoms with van der Waals surface area (Å²) < 4.78 is 37.4. The fraction of sp³-hybridized carbons (Fsp3) is 0.720. The van der Waals surface area contributed by atoms with Crippen molar-refractivity contribution in [1.29, 1.82) is 0 Å². The summed E-state index contributed by atoms with van der Waals surface area (Å²) in [4.78, 5) is 15.1. The molecule has 0 heterocycles. The first-order valence-electron chi connectivity index (χ1n) is 12.1. The van der Waals surface area contributed by atoms with Gasteiger partial charge in [-0.25, -0.2) is 4.79 Å². The monoisotopic (exact) mass is 515 g/mol. The van der Waals surface area contributed by atoms with Gasteiger partial charge >= 0.3 is 13.7 Å². The molecule has 0 spiro atoms. The van der Waals surface area contributed by atoms with Crippen molar-refractivity contribution in [2.45, 2.75) is 97.9 Å². The lowest BCUT2D eigenvalue weighted by molar-refractivity contribution is 0.00339. The summed E-state index contributed by atoms with van der Waals surface area (Å²) in [6, 6.07) is 9.08. The largest absolute Gasteiger partial charge is 0.444 e. The lowest BCUT2D eigenvalue weighted by Crippen LogP contribution is -2.48. The average Bonchev–Trinajstić information content (AvgIpc) is 2.69. The molecule has 7 nitrogen and oxygen atoms in total. The molecule has 0 aliphatic heterocycles.